The van der Waals surface area contributed by atoms with Gasteiger partial charge in [0.15, 0.2) is 0 Å². The molecule has 2 N–H and O–H groups in total. The fourth-order valence-corrected chi connectivity index (χ4v) is 2.39. The van der Waals surface area contributed by atoms with Gasteiger partial charge in [-0.2, -0.15) is 0 Å². The highest BCUT2D eigenvalue weighted by atomic mass is 15.0. The first-order chi connectivity index (χ1) is 9.79. The van der Waals surface area contributed by atoms with Crippen LogP contribution < -0.4 is 10.6 Å². The Hall–Kier alpha value is -1.80. The molecule has 2 rings (SSSR count). The van der Waals surface area contributed by atoms with Crippen LogP contribution in [0.1, 0.15) is 30.5 Å². The van der Waals surface area contributed by atoms with E-state index in [0.717, 1.165) is 19.5 Å². The molecule has 0 saturated carbocycles. The monoisotopic (exact) mass is 268 g/mol. The first-order valence-electron chi connectivity index (χ1n) is 7.38. The van der Waals surface area contributed by atoms with Gasteiger partial charge in [0.05, 0.1) is 0 Å². The summed E-state index contributed by atoms with van der Waals surface area (Å²) in [5, 5.41) is 7.06. The van der Waals surface area contributed by atoms with Gasteiger partial charge in [0.25, 0.3) is 0 Å². The van der Waals surface area contributed by atoms with Crippen LogP contribution in [0.4, 0.5) is 5.69 Å². The van der Waals surface area contributed by atoms with Gasteiger partial charge in [-0.25, -0.2) is 0 Å². The van der Waals surface area contributed by atoms with Crippen molar-refractivity contribution in [2.75, 3.05) is 18.4 Å². The second-order valence-corrected chi connectivity index (χ2v) is 5.12. The molecule has 0 fully saturated rings. The van der Waals surface area contributed by atoms with Crippen LogP contribution in [-0.2, 0) is 0 Å². The summed E-state index contributed by atoms with van der Waals surface area (Å²) in [4.78, 5) is 0. The van der Waals surface area contributed by atoms with Gasteiger partial charge in [0, 0.05) is 24.8 Å². The summed E-state index contributed by atoms with van der Waals surface area (Å²) in [6.07, 6.45) is 1.11. The largest absolute Gasteiger partial charge is 0.384 e. The van der Waals surface area contributed by atoms with Gasteiger partial charge in [0.1, 0.15) is 0 Å². The standard InChI is InChI=1S/C18H24N2/c1-3-18(16-9-5-4-6-10-16)20-13-12-19-17-11-7-8-15(2)14-17/h4-11,14,18-20H,3,12-13H2,1-2H3. The molecule has 1 unspecified atom stereocenters. The Balaban J connectivity index is 1.77. The van der Waals surface area contributed by atoms with Gasteiger partial charge >= 0.3 is 0 Å². The van der Waals surface area contributed by atoms with E-state index in [0.29, 0.717) is 6.04 Å². The van der Waals surface area contributed by atoms with Crippen LogP contribution in [0, 0.1) is 6.92 Å². The molecule has 0 aliphatic rings. The lowest BCUT2D eigenvalue weighted by molar-refractivity contribution is 0.531. The number of hydrogen-bond acceptors (Lipinski definition) is 2. The maximum Gasteiger partial charge on any atom is 0.0343 e. The fourth-order valence-electron chi connectivity index (χ4n) is 2.39. The van der Waals surface area contributed by atoms with E-state index in [-0.39, 0.29) is 0 Å². The molecular weight excluding hydrogens is 244 g/mol. The lowest BCUT2D eigenvalue weighted by Gasteiger charge is -2.18. The van der Waals surface area contributed by atoms with Crippen LogP contribution in [0.3, 0.4) is 0 Å². The van der Waals surface area contributed by atoms with E-state index in [9.17, 15) is 0 Å². The second-order valence-electron chi connectivity index (χ2n) is 5.12. The number of rotatable bonds is 7. The van der Waals surface area contributed by atoms with Crippen molar-refractivity contribution in [2.45, 2.75) is 26.3 Å². The molecule has 2 aromatic rings. The van der Waals surface area contributed by atoms with Crippen molar-refractivity contribution in [3.63, 3.8) is 0 Å². The van der Waals surface area contributed by atoms with Crippen molar-refractivity contribution in [1.29, 1.82) is 0 Å². The van der Waals surface area contributed by atoms with Crippen molar-refractivity contribution in [2.24, 2.45) is 0 Å². The van der Waals surface area contributed by atoms with E-state index in [4.69, 9.17) is 0 Å². The highest BCUT2D eigenvalue weighted by Crippen LogP contribution is 2.15. The molecule has 1 atom stereocenters. The van der Waals surface area contributed by atoms with Gasteiger partial charge in [-0.15, -0.1) is 0 Å². The lowest BCUT2D eigenvalue weighted by Crippen LogP contribution is -2.26. The Labute approximate surface area is 122 Å². The average Bonchev–Trinajstić information content (AvgIpc) is 2.48. The average molecular weight is 268 g/mol. The summed E-state index contributed by atoms with van der Waals surface area (Å²) in [7, 11) is 0. The number of benzene rings is 2. The Bertz CT molecular complexity index is 508. The molecule has 0 aliphatic carbocycles. The van der Waals surface area contributed by atoms with Gasteiger partial charge in [-0.1, -0.05) is 49.4 Å². The number of anilines is 1. The zero-order chi connectivity index (χ0) is 14.2. The van der Waals surface area contributed by atoms with Crippen molar-refractivity contribution < 1.29 is 0 Å². The number of nitrogens with one attached hydrogen (secondary N) is 2. The maximum absolute atomic E-state index is 3.61. The zero-order valence-electron chi connectivity index (χ0n) is 12.4. The predicted molar refractivity (Wildman–Crippen MR) is 87.1 cm³/mol. The van der Waals surface area contributed by atoms with E-state index in [1.807, 2.05) is 0 Å². The van der Waals surface area contributed by atoms with Crippen LogP contribution in [0.15, 0.2) is 54.6 Å². The van der Waals surface area contributed by atoms with E-state index >= 15 is 0 Å². The summed E-state index contributed by atoms with van der Waals surface area (Å²) in [5.41, 5.74) is 3.85. The Morgan fingerprint density at radius 2 is 1.75 bits per heavy atom. The van der Waals surface area contributed by atoms with Gasteiger partial charge in [-0.3, -0.25) is 0 Å². The van der Waals surface area contributed by atoms with Gasteiger partial charge in [0.2, 0.25) is 0 Å². The fraction of sp³-hybridized carbons (Fsp3) is 0.333. The molecule has 0 saturated heterocycles. The summed E-state index contributed by atoms with van der Waals surface area (Å²) < 4.78 is 0. The molecule has 106 valence electrons. The second kappa shape index (κ2) is 7.71. The smallest absolute Gasteiger partial charge is 0.0343 e. The van der Waals surface area contributed by atoms with E-state index in [1.165, 1.54) is 16.8 Å². The summed E-state index contributed by atoms with van der Waals surface area (Å²) >= 11 is 0. The van der Waals surface area contributed by atoms with E-state index in [1.54, 1.807) is 0 Å². The lowest BCUT2D eigenvalue weighted by atomic mass is 10.0. The molecule has 0 aromatic heterocycles. The van der Waals surface area contributed by atoms with E-state index in [2.05, 4.69) is 79.1 Å². The molecule has 0 heterocycles. The normalized spacial score (nSPS) is 12.1. The number of aryl methyl sites for hydroxylation is 1. The highest BCUT2D eigenvalue weighted by molar-refractivity contribution is 5.45. The van der Waals surface area contributed by atoms with Crippen LogP contribution in [0.5, 0.6) is 0 Å². The topological polar surface area (TPSA) is 24.1 Å². The summed E-state index contributed by atoms with van der Waals surface area (Å²) in [6, 6.07) is 19.6. The maximum atomic E-state index is 3.61. The van der Waals surface area contributed by atoms with E-state index < -0.39 is 0 Å². The van der Waals surface area contributed by atoms with Crippen LogP contribution >= 0.6 is 0 Å². The van der Waals surface area contributed by atoms with Gasteiger partial charge < -0.3 is 10.6 Å². The molecule has 2 aromatic carbocycles. The van der Waals surface area contributed by atoms with Crippen LogP contribution in [0.2, 0.25) is 0 Å². The molecule has 0 amide bonds. The third kappa shape index (κ3) is 4.39. The van der Waals surface area contributed by atoms with Crippen molar-refractivity contribution >= 4 is 5.69 Å². The molecule has 0 bridgehead atoms. The molecule has 0 radical (unpaired) electrons. The molecular formula is C18H24N2. The molecule has 2 nitrogen and oxygen atoms in total. The third-order valence-corrected chi connectivity index (χ3v) is 3.47. The van der Waals surface area contributed by atoms with Crippen molar-refractivity contribution in [3.05, 3.63) is 65.7 Å². The molecule has 20 heavy (non-hydrogen) atoms. The third-order valence-electron chi connectivity index (χ3n) is 3.47. The SMILES string of the molecule is CCC(NCCNc1cccc(C)c1)c1ccccc1. The predicted octanol–water partition coefficient (Wildman–Crippen LogP) is 4.15. The highest BCUT2D eigenvalue weighted by Gasteiger charge is 2.06. The summed E-state index contributed by atoms with van der Waals surface area (Å²) in [6.45, 7) is 6.23. The zero-order valence-corrected chi connectivity index (χ0v) is 12.4. The van der Waals surface area contributed by atoms with Gasteiger partial charge in [-0.05, 0) is 36.6 Å². The Kier molecular flexibility index (Phi) is 5.63. The molecule has 0 spiro atoms. The Morgan fingerprint density at radius 1 is 0.950 bits per heavy atom. The van der Waals surface area contributed by atoms with Crippen molar-refractivity contribution in [3.8, 4) is 0 Å². The summed E-state index contributed by atoms with van der Waals surface area (Å²) in [5.74, 6) is 0. The first-order valence-corrected chi connectivity index (χ1v) is 7.38. The van der Waals surface area contributed by atoms with Crippen LogP contribution in [0.25, 0.3) is 0 Å². The minimum Gasteiger partial charge on any atom is -0.384 e. The number of hydrogen-bond donors (Lipinski definition) is 2. The minimum absolute atomic E-state index is 0.440. The molecule has 0 aliphatic heterocycles. The Morgan fingerprint density at radius 3 is 2.45 bits per heavy atom. The van der Waals surface area contributed by atoms with Crippen LogP contribution in [-0.4, -0.2) is 13.1 Å². The quantitative estimate of drug-likeness (QED) is 0.737. The van der Waals surface area contributed by atoms with Crippen molar-refractivity contribution in [1.82, 2.24) is 5.32 Å². The molecule has 2 heteroatoms. The first kappa shape index (κ1) is 14.6. The minimum atomic E-state index is 0.440.